The molecule has 0 aliphatic heterocycles. The minimum absolute atomic E-state index is 0.0575. The van der Waals surface area contributed by atoms with Gasteiger partial charge in [-0.25, -0.2) is 0 Å². The van der Waals surface area contributed by atoms with Gasteiger partial charge in [0.25, 0.3) is 0 Å². The van der Waals surface area contributed by atoms with Crippen molar-refractivity contribution in [3.05, 3.63) is 30.5 Å². The van der Waals surface area contributed by atoms with Gasteiger partial charge < -0.3 is 14.6 Å². The van der Waals surface area contributed by atoms with E-state index in [1.165, 1.54) is 0 Å². The molecule has 0 radical (unpaired) electrons. The Labute approximate surface area is 106 Å². The Morgan fingerprint density at radius 2 is 1.94 bits per heavy atom. The summed E-state index contributed by atoms with van der Waals surface area (Å²) in [5.74, 6) is 1.36. The van der Waals surface area contributed by atoms with Crippen molar-refractivity contribution in [1.82, 2.24) is 9.78 Å². The van der Waals surface area contributed by atoms with Crippen LogP contribution in [-0.4, -0.2) is 35.7 Å². The lowest BCUT2D eigenvalue weighted by molar-refractivity contribution is 0.270. The molecule has 1 N–H and O–H groups in total. The molecule has 0 spiro atoms. The van der Waals surface area contributed by atoms with Crippen molar-refractivity contribution >= 4 is 0 Å². The largest absolute Gasteiger partial charge is 0.493 e. The van der Waals surface area contributed by atoms with Crippen molar-refractivity contribution in [2.24, 2.45) is 0 Å². The maximum absolute atomic E-state index is 8.99. The summed E-state index contributed by atoms with van der Waals surface area (Å²) in [4.78, 5) is 0. The number of nitrogens with zero attached hydrogens (tertiary/aromatic N) is 2. The molecule has 1 aromatic carbocycles. The summed E-state index contributed by atoms with van der Waals surface area (Å²) in [5.41, 5.74) is 1.91. The fourth-order valence-corrected chi connectivity index (χ4v) is 1.85. The monoisotopic (exact) mass is 248 g/mol. The van der Waals surface area contributed by atoms with E-state index in [1.807, 2.05) is 24.3 Å². The third-order valence-electron chi connectivity index (χ3n) is 2.71. The molecule has 1 heterocycles. The Hall–Kier alpha value is -2.01. The molecule has 0 aliphatic carbocycles. The molecule has 0 fully saturated rings. The smallest absolute Gasteiger partial charge is 0.161 e. The second kappa shape index (κ2) is 5.55. The molecular formula is C13H16N2O3. The van der Waals surface area contributed by atoms with Crippen LogP contribution in [0.1, 0.15) is 0 Å². The average molecular weight is 248 g/mol. The van der Waals surface area contributed by atoms with Gasteiger partial charge in [-0.2, -0.15) is 5.10 Å². The zero-order chi connectivity index (χ0) is 13.0. The van der Waals surface area contributed by atoms with Crippen LogP contribution in [0.2, 0.25) is 0 Å². The Balaban J connectivity index is 2.41. The molecule has 96 valence electrons. The van der Waals surface area contributed by atoms with E-state index in [0.29, 0.717) is 18.0 Å². The van der Waals surface area contributed by atoms with E-state index in [4.69, 9.17) is 14.6 Å². The van der Waals surface area contributed by atoms with Crippen molar-refractivity contribution in [2.75, 3.05) is 20.8 Å². The average Bonchev–Trinajstić information content (AvgIpc) is 2.86. The van der Waals surface area contributed by atoms with Crippen molar-refractivity contribution in [3.63, 3.8) is 0 Å². The van der Waals surface area contributed by atoms with Crippen molar-refractivity contribution < 1.29 is 14.6 Å². The lowest BCUT2D eigenvalue weighted by Crippen LogP contribution is -2.05. The number of benzene rings is 1. The first-order valence-electron chi connectivity index (χ1n) is 5.65. The van der Waals surface area contributed by atoms with Gasteiger partial charge in [0.2, 0.25) is 0 Å². The van der Waals surface area contributed by atoms with E-state index in [0.717, 1.165) is 11.3 Å². The van der Waals surface area contributed by atoms with Gasteiger partial charge in [-0.15, -0.1) is 0 Å². The van der Waals surface area contributed by atoms with E-state index in [1.54, 1.807) is 25.1 Å². The van der Waals surface area contributed by atoms with E-state index in [2.05, 4.69) is 5.10 Å². The fourth-order valence-electron chi connectivity index (χ4n) is 1.85. The van der Waals surface area contributed by atoms with Gasteiger partial charge in [0.1, 0.15) is 0 Å². The summed E-state index contributed by atoms with van der Waals surface area (Å²) in [5, 5.41) is 13.2. The number of aliphatic hydroxyl groups is 1. The van der Waals surface area contributed by atoms with Gasteiger partial charge in [0.15, 0.2) is 11.5 Å². The van der Waals surface area contributed by atoms with Crippen LogP contribution in [0.5, 0.6) is 11.5 Å². The van der Waals surface area contributed by atoms with Crippen molar-refractivity contribution in [1.29, 1.82) is 0 Å². The topological polar surface area (TPSA) is 56.5 Å². The van der Waals surface area contributed by atoms with Crippen LogP contribution < -0.4 is 9.47 Å². The van der Waals surface area contributed by atoms with Crippen molar-refractivity contribution in [3.8, 4) is 22.8 Å². The third-order valence-corrected chi connectivity index (χ3v) is 2.71. The first-order valence-corrected chi connectivity index (χ1v) is 5.65. The quantitative estimate of drug-likeness (QED) is 0.872. The molecular weight excluding hydrogens is 232 g/mol. The van der Waals surface area contributed by atoms with Crippen molar-refractivity contribution in [2.45, 2.75) is 6.54 Å². The highest BCUT2D eigenvalue weighted by molar-refractivity contribution is 5.64. The van der Waals surface area contributed by atoms with Gasteiger partial charge >= 0.3 is 0 Å². The normalized spacial score (nSPS) is 10.4. The molecule has 0 bridgehead atoms. The maximum atomic E-state index is 8.99. The summed E-state index contributed by atoms with van der Waals surface area (Å²) in [6, 6.07) is 7.58. The van der Waals surface area contributed by atoms with Crippen LogP contribution in [-0.2, 0) is 6.54 Å². The van der Waals surface area contributed by atoms with Gasteiger partial charge in [-0.1, -0.05) is 0 Å². The summed E-state index contributed by atoms with van der Waals surface area (Å²) >= 11 is 0. The van der Waals surface area contributed by atoms with E-state index in [-0.39, 0.29) is 6.61 Å². The number of rotatable bonds is 5. The Morgan fingerprint density at radius 3 is 2.61 bits per heavy atom. The van der Waals surface area contributed by atoms with E-state index < -0.39 is 0 Å². The molecule has 0 aliphatic rings. The Kier molecular flexibility index (Phi) is 3.84. The Bertz CT molecular complexity index is 523. The predicted octanol–water partition coefficient (Wildman–Crippen LogP) is 1.56. The van der Waals surface area contributed by atoms with E-state index in [9.17, 15) is 0 Å². The minimum Gasteiger partial charge on any atom is -0.493 e. The molecule has 1 aromatic heterocycles. The molecule has 18 heavy (non-hydrogen) atoms. The van der Waals surface area contributed by atoms with Crippen LogP contribution in [0.25, 0.3) is 11.3 Å². The summed E-state index contributed by atoms with van der Waals surface area (Å²) < 4.78 is 12.2. The van der Waals surface area contributed by atoms with Crippen LogP contribution in [0.15, 0.2) is 30.5 Å². The Morgan fingerprint density at radius 1 is 1.17 bits per heavy atom. The predicted molar refractivity (Wildman–Crippen MR) is 67.9 cm³/mol. The highest BCUT2D eigenvalue weighted by atomic mass is 16.5. The summed E-state index contributed by atoms with van der Waals surface area (Å²) in [6.45, 7) is 0.526. The van der Waals surface area contributed by atoms with Crippen LogP contribution in [0.3, 0.4) is 0 Å². The summed E-state index contributed by atoms with van der Waals surface area (Å²) in [7, 11) is 3.21. The number of aliphatic hydroxyl groups excluding tert-OH is 1. The zero-order valence-corrected chi connectivity index (χ0v) is 10.5. The highest BCUT2D eigenvalue weighted by Gasteiger charge is 2.09. The maximum Gasteiger partial charge on any atom is 0.161 e. The van der Waals surface area contributed by atoms with E-state index >= 15 is 0 Å². The molecule has 5 heteroatoms. The lowest BCUT2D eigenvalue weighted by Gasteiger charge is -2.10. The number of aromatic nitrogens is 2. The second-order valence-corrected chi connectivity index (χ2v) is 3.73. The fraction of sp³-hybridized carbons (Fsp3) is 0.308. The first-order chi connectivity index (χ1) is 8.80. The molecule has 0 amide bonds. The molecule has 5 nitrogen and oxygen atoms in total. The van der Waals surface area contributed by atoms with Crippen LogP contribution >= 0.6 is 0 Å². The molecule has 0 saturated heterocycles. The summed E-state index contributed by atoms with van der Waals surface area (Å²) in [6.07, 6.45) is 1.71. The number of hydrogen-bond donors (Lipinski definition) is 1. The molecule has 2 rings (SSSR count). The lowest BCUT2D eigenvalue weighted by atomic mass is 10.1. The number of ether oxygens (including phenoxy) is 2. The van der Waals surface area contributed by atoms with Crippen LogP contribution in [0, 0.1) is 0 Å². The molecule has 0 unspecified atom stereocenters. The molecule has 0 atom stereocenters. The third kappa shape index (κ3) is 2.31. The molecule has 2 aromatic rings. The number of methoxy groups -OCH3 is 2. The zero-order valence-electron chi connectivity index (χ0n) is 10.5. The van der Waals surface area contributed by atoms with Gasteiger partial charge in [-0.05, 0) is 24.3 Å². The van der Waals surface area contributed by atoms with Gasteiger partial charge in [0, 0.05) is 11.8 Å². The standard InChI is InChI=1S/C13H16N2O3/c1-17-12-4-3-10(9-13(12)18-2)11-5-6-14-15(11)7-8-16/h3-6,9,16H,7-8H2,1-2H3. The van der Waals surface area contributed by atoms with Gasteiger partial charge in [-0.3, -0.25) is 4.68 Å². The SMILES string of the molecule is COc1ccc(-c2ccnn2CCO)cc1OC. The second-order valence-electron chi connectivity index (χ2n) is 3.73. The molecule has 0 saturated carbocycles. The first kappa shape index (κ1) is 12.4. The highest BCUT2D eigenvalue weighted by Crippen LogP contribution is 2.32. The number of hydrogen-bond acceptors (Lipinski definition) is 4. The van der Waals surface area contributed by atoms with Gasteiger partial charge in [0.05, 0.1) is 33.1 Å². The minimum atomic E-state index is 0.0575. The van der Waals surface area contributed by atoms with Crippen LogP contribution in [0.4, 0.5) is 0 Å².